The van der Waals surface area contributed by atoms with E-state index < -0.39 is 0 Å². The Hall–Kier alpha value is -0.830. The van der Waals surface area contributed by atoms with E-state index >= 15 is 0 Å². The highest BCUT2D eigenvalue weighted by Crippen LogP contribution is 2.29. The average Bonchev–Trinajstić information content (AvgIpc) is 2.85. The highest BCUT2D eigenvalue weighted by molar-refractivity contribution is 6.17. The number of alkyl halides is 1. The van der Waals surface area contributed by atoms with Crippen LogP contribution in [0, 0.1) is 5.82 Å². The summed E-state index contributed by atoms with van der Waals surface area (Å²) in [4.78, 5) is 6.50. The van der Waals surface area contributed by atoms with Crippen LogP contribution in [0.1, 0.15) is 38.2 Å². The maximum absolute atomic E-state index is 13.1. The van der Waals surface area contributed by atoms with Crippen molar-refractivity contribution in [3.8, 4) is 0 Å². The van der Waals surface area contributed by atoms with Gasteiger partial charge in [0, 0.05) is 18.2 Å². The van der Waals surface area contributed by atoms with Crippen molar-refractivity contribution in [2.75, 3.05) is 11.4 Å². The second-order valence-electron chi connectivity index (χ2n) is 4.49. The van der Waals surface area contributed by atoms with Gasteiger partial charge in [0.05, 0.1) is 12.1 Å². The van der Waals surface area contributed by atoms with Gasteiger partial charge >= 0.3 is 0 Å². The van der Waals surface area contributed by atoms with Crippen LogP contribution in [-0.2, 0) is 5.88 Å². The first kappa shape index (κ1) is 12.6. The summed E-state index contributed by atoms with van der Waals surface area (Å²) in [6.45, 7) is 3.01. The number of pyridine rings is 1. The van der Waals surface area contributed by atoms with Gasteiger partial charge in [-0.25, -0.2) is 9.37 Å². The molecule has 2 rings (SSSR count). The molecule has 94 valence electrons. The lowest BCUT2D eigenvalue weighted by molar-refractivity contribution is 0.597. The molecule has 1 aliphatic carbocycles. The van der Waals surface area contributed by atoms with Crippen molar-refractivity contribution in [1.29, 1.82) is 0 Å². The molecule has 0 aliphatic heterocycles. The first-order chi connectivity index (χ1) is 8.26. The van der Waals surface area contributed by atoms with Crippen molar-refractivity contribution >= 4 is 17.4 Å². The van der Waals surface area contributed by atoms with Crippen LogP contribution < -0.4 is 4.90 Å². The van der Waals surface area contributed by atoms with Gasteiger partial charge in [0.1, 0.15) is 11.6 Å². The third-order valence-electron chi connectivity index (χ3n) is 3.43. The molecule has 1 heterocycles. The smallest absolute Gasteiger partial charge is 0.141 e. The molecule has 0 atom stereocenters. The zero-order valence-electron chi connectivity index (χ0n) is 10.1. The molecule has 0 unspecified atom stereocenters. The molecule has 0 bridgehead atoms. The molecule has 1 aromatic rings. The topological polar surface area (TPSA) is 16.1 Å². The van der Waals surface area contributed by atoms with Crippen LogP contribution in [0.15, 0.2) is 12.3 Å². The Balaban J connectivity index is 2.29. The molecule has 4 heteroatoms. The third kappa shape index (κ3) is 2.71. The molecule has 0 spiro atoms. The minimum absolute atomic E-state index is 0.309. The first-order valence-electron chi connectivity index (χ1n) is 6.23. The van der Waals surface area contributed by atoms with E-state index in [4.69, 9.17) is 11.6 Å². The molecule has 0 N–H and O–H groups in total. The fourth-order valence-electron chi connectivity index (χ4n) is 2.63. The zero-order chi connectivity index (χ0) is 12.3. The molecular formula is C13H18ClFN2. The summed E-state index contributed by atoms with van der Waals surface area (Å²) >= 11 is 5.88. The number of nitrogens with zero attached hydrogens (tertiary/aromatic N) is 2. The predicted octanol–water partition coefficient (Wildman–Crippen LogP) is 3.73. The Labute approximate surface area is 107 Å². The van der Waals surface area contributed by atoms with E-state index in [1.807, 2.05) is 0 Å². The zero-order valence-corrected chi connectivity index (χ0v) is 10.9. The van der Waals surface area contributed by atoms with Gasteiger partial charge in [-0.2, -0.15) is 0 Å². The maximum Gasteiger partial charge on any atom is 0.141 e. The number of aromatic nitrogens is 1. The molecular weight excluding hydrogens is 239 g/mol. The maximum atomic E-state index is 13.1. The predicted molar refractivity (Wildman–Crippen MR) is 69.0 cm³/mol. The molecule has 2 nitrogen and oxygen atoms in total. The lowest BCUT2D eigenvalue weighted by Gasteiger charge is -2.30. The van der Waals surface area contributed by atoms with Gasteiger partial charge < -0.3 is 4.90 Å². The summed E-state index contributed by atoms with van der Waals surface area (Å²) in [5.74, 6) is 0.853. The average molecular weight is 257 g/mol. The molecule has 1 aliphatic rings. The first-order valence-corrected chi connectivity index (χ1v) is 6.76. The van der Waals surface area contributed by atoms with Gasteiger partial charge in [-0.3, -0.25) is 0 Å². The number of hydrogen-bond acceptors (Lipinski definition) is 2. The molecule has 0 radical (unpaired) electrons. The Bertz CT molecular complexity index is 378. The monoisotopic (exact) mass is 256 g/mol. The van der Waals surface area contributed by atoms with E-state index in [-0.39, 0.29) is 5.82 Å². The summed E-state index contributed by atoms with van der Waals surface area (Å²) in [6, 6.07) is 2.03. The molecule has 1 saturated carbocycles. The quantitative estimate of drug-likeness (QED) is 0.763. The number of halogens is 2. The highest BCUT2D eigenvalue weighted by Gasteiger charge is 2.24. The number of anilines is 1. The minimum Gasteiger partial charge on any atom is -0.354 e. The van der Waals surface area contributed by atoms with Gasteiger partial charge in [0.25, 0.3) is 0 Å². The molecule has 1 aromatic heterocycles. The number of hydrogen-bond donors (Lipinski definition) is 0. The molecule has 17 heavy (non-hydrogen) atoms. The second-order valence-corrected chi connectivity index (χ2v) is 4.76. The van der Waals surface area contributed by atoms with Crippen molar-refractivity contribution in [2.24, 2.45) is 0 Å². The molecule has 0 aromatic carbocycles. The minimum atomic E-state index is -0.313. The summed E-state index contributed by atoms with van der Waals surface area (Å²) in [7, 11) is 0. The van der Waals surface area contributed by atoms with E-state index in [9.17, 15) is 4.39 Å². The van der Waals surface area contributed by atoms with Crippen molar-refractivity contribution in [2.45, 2.75) is 44.5 Å². The van der Waals surface area contributed by atoms with Crippen molar-refractivity contribution in [3.05, 3.63) is 23.6 Å². The van der Waals surface area contributed by atoms with E-state index in [0.717, 1.165) is 17.9 Å². The SMILES string of the molecule is CCN(c1ncc(F)cc1CCl)C1CCCC1. The number of rotatable bonds is 4. The van der Waals surface area contributed by atoms with Crippen LogP contribution in [0.3, 0.4) is 0 Å². The van der Waals surface area contributed by atoms with Crippen molar-refractivity contribution < 1.29 is 4.39 Å². The normalized spacial score (nSPS) is 16.4. The summed E-state index contributed by atoms with van der Waals surface area (Å²) in [5.41, 5.74) is 0.792. The Morgan fingerprint density at radius 2 is 2.18 bits per heavy atom. The lowest BCUT2D eigenvalue weighted by atomic mass is 10.1. The van der Waals surface area contributed by atoms with Gasteiger partial charge in [0.15, 0.2) is 0 Å². The Kier molecular flexibility index (Phi) is 4.21. The van der Waals surface area contributed by atoms with Crippen LogP contribution in [0.5, 0.6) is 0 Å². The van der Waals surface area contributed by atoms with Crippen LogP contribution in [0.4, 0.5) is 10.2 Å². The fraction of sp³-hybridized carbons (Fsp3) is 0.615. The second kappa shape index (κ2) is 5.67. The highest BCUT2D eigenvalue weighted by atomic mass is 35.5. The molecule has 1 fully saturated rings. The summed E-state index contributed by atoms with van der Waals surface area (Å²) in [5, 5.41) is 0. The molecule has 0 saturated heterocycles. The summed E-state index contributed by atoms with van der Waals surface area (Å²) < 4.78 is 13.1. The summed E-state index contributed by atoms with van der Waals surface area (Å²) in [6.07, 6.45) is 6.24. The Morgan fingerprint density at radius 1 is 1.47 bits per heavy atom. The lowest BCUT2D eigenvalue weighted by Crippen LogP contribution is -2.34. The third-order valence-corrected chi connectivity index (χ3v) is 3.72. The van der Waals surface area contributed by atoms with E-state index in [2.05, 4.69) is 16.8 Å². The van der Waals surface area contributed by atoms with Crippen LogP contribution in [0.2, 0.25) is 0 Å². The standard InChI is InChI=1S/C13H18ClFN2/c1-2-17(12-5-3-4-6-12)13-10(8-14)7-11(15)9-16-13/h7,9,12H,2-6,8H2,1H3. The van der Waals surface area contributed by atoms with E-state index in [1.165, 1.54) is 37.9 Å². The van der Waals surface area contributed by atoms with Gasteiger partial charge in [-0.15, -0.1) is 11.6 Å². The van der Waals surface area contributed by atoms with Crippen LogP contribution in [-0.4, -0.2) is 17.6 Å². The van der Waals surface area contributed by atoms with Gasteiger partial charge in [-0.1, -0.05) is 12.8 Å². The van der Waals surface area contributed by atoms with Crippen molar-refractivity contribution in [1.82, 2.24) is 4.98 Å². The molecule has 0 amide bonds. The largest absolute Gasteiger partial charge is 0.354 e. The van der Waals surface area contributed by atoms with Gasteiger partial charge in [0.2, 0.25) is 0 Å². The van der Waals surface area contributed by atoms with Crippen LogP contribution >= 0.6 is 11.6 Å². The van der Waals surface area contributed by atoms with E-state index in [0.29, 0.717) is 11.9 Å². The van der Waals surface area contributed by atoms with Crippen LogP contribution in [0.25, 0.3) is 0 Å². The van der Waals surface area contributed by atoms with Crippen molar-refractivity contribution in [3.63, 3.8) is 0 Å². The van der Waals surface area contributed by atoms with Gasteiger partial charge in [-0.05, 0) is 25.8 Å². The fourth-order valence-corrected chi connectivity index (χ4v) is 2.82. The van der Waals surface area contributed by atoms with E-state index in [1.54, 1.807) is 0 Å². The Morgan fingerprint density at radius 3 is 2.76 bits per heavy atom.